The van der Waals surface area contributed by atoms with Gasteiger partial charge in [0, 0.05) is 30.9 Å². The van der Waals surface area contributed by atoms with Crippen molar-refractivity contribution in [2.75, 3.05) is 35.2 Å². The molecule has 0 fully saturated rings. The molecule has 3 rings (SSSR count). The van der Waals surface area contributed by atoms with Gasteiger partial charge in [0.05, 0.1) is 11.9 Å². The Morgan fingerprint density at radius 2 is 2.09 bits per heavy atom. The van der Waals surface area contributed by atoms with Crippen LogP contribution in [0.1, 0.15) is 29.8 Å². The quantitative estimate of drug-likeness (QED) is 0.891. The zero-order chi connectivity index (χ0) is 16.2. The number of nitrogens with zero attached hydrogens (tertiary/aromatic N) is 2. The molecule has 23 heavy (non-hydrogen) atoms. The second kappa shape index (κ2) is 6.69. The molecule has 0 unspecified atom stereocenters. The van der Waals surface area contributed by atoms with Crippen LogP contribution in [-0.4, -0.2) is 30.5 Å². The van der Waals surface area contributed by atoms with E-state index in [0.717, 1.165) is 37.6 Å². The Labute approximate surface area is 136 Å². The van der Waals surface area contributed by atoms with E-state index in [-0.39, 0.29) is 5.91 Å². The first kappa shape index (κ1) is 15.3. The number of pyridine rings is 1. The summed E-state index contributed by atoms with van der Waals surface area (Å²) in [4.78, 5) is 19.0. The Morgan fingerprint density at radius 3 is 2.78 bits per heavy atom. The van der Waals surface area contributed by atoms with Gasteiger partial charge in [-0.25, -0.2) is 4.98 Å². The molecule has 0 spiro atoms. The lowest BCUT2D eigenvalue weighted by Gasteiger charge is -2.19. The van der Waals surface area contributed by atoms with Crippen LogP contribution in [0.25, 0.3) is 0 Å². The summed E-state index contributed by atoms with van der Waals surface area (Å²) in [6.45, 7) is 6.97. The topological polar surface area (TPSA) is 57.3 Å². The molecule has 5 nitrogen and oxygen atoms in total. The van der Waals surface area contributed by atoms with Crippen molar-refractivity contribution >= 4 is 23.1 Å². The van der Waals surface area contributed by atoms with Crippen molar-refractivity contribution in [2.45, 2.75) is 20.3 Å². The summed E-state index contributed by atoms with van der Waals surface area (Å²) < 4.78 is 0. The standard InChI is InChI=1S/C18H22N4O/c1-3-22(4-2)17-8-6-15(12-20-17)21-18(23)14-5-7-16-13(11-14)9-10-19-16/h5-8,11-12,19H,3-4,9-10H2,1-2H3,(H,21,23). The highest BCUT2D eigenvalue weighted by atomic mass is 16.1. The third-order valence-corrected chi connectivity index (χ3v) is 4.17. The first-order chi connectivity index (χ1) is 11.2. The normalized spacial score (nSPS) is 12.4. The lowest BCUT2D eigenvalue weighted by Crippen LogP contribution is -2.22. The van der Waals surface area contributed by atoms with Gasteiger partial charge < -0.3 is 15.5 Å². The zero-order valence-electron chi connectivity index (χ0n) is 13.6. The molecule has 0 bridgehead atoms. The van der Waals surface area contributed by atoms with Crippen LogP contribution in [0.2, 0.25) is 0 Å². The van der Waals surface area contributed by atoms with Crippen molar-refractivity contribution in [3.8, 4) is 0 Å². The average molecular weight is 310 g/mol. The van der Waals surface area contributed by atoms with E-state index in [0.29, 0.717) is 11.3 Å². The van der Waals surface area contributed by atoms with Crippen LogP contribution in [0.5, 0.6) is 0 Å². The Kier molecular flexibility index (Phi) is 4.46. The van der Waals surface area contributed by atoms with Crippen LogP contribution in [0.4, 0.5) is 17.2 Å². The predicted octanol–water partition coefficient (Wildman–Crippen LogP) is 3.15. The number of amides is 1. The highest BCUT2D eigenvalue weighted by Gasteiger charge is 2.13. The van der Waals surface area contributed by atoms with Crippen molar-refractivity contribution < 1.29 is 4.79 Å². The van der Waals surface area contributed by atoms with Gasteiger partial charge in [0.15, 0.2) is 0 Å². The molecule has 5 heteroatoms. The number of nitrogens with one attached hydrogen (secondary N) is 2. The van der Waals surface area contributed by atoms with Crippen LogP contribution in [0, 0.1) is 0 Å². The van der Waals surface area contributed by atoms with Gasteiger partial charge in [-0.05, 0) is 56.2 Å². The minimum Gasteiger partial charge on any atom is -0.384 e. The molecule has 0 radical (unpaired) electrons. The summed E-state index contributed by atoms with van der Waals surface area (Å²) in [7, 11) is 0. The van der Waals surface area contributed by atoms with Crippen molar-refractivity contribution in [3.05, 3.63) is 47.7 Å². The fourth-order valence-corrected chi connectivity index (χ4v) is 2.84. The van der Waals surface area contributed by atoms with Gasteiger partial charge in [0.2, 0.25) is 0 Å². The van der Waals surface area contributed by atoms with E-state index in [9.17, 15) is 4.79 Å². The number of aromatic nitrogens is 1. The SMILES string of the molecule is CCN(CC)c1ccc(NC(=O)c2ccc3c(c2)CCN3)cn1. The number of anilines is 3. The second-order valence-corrected chi connectivity index (χ2v) is 5.58. The number of carbonyl (C=O) groups excluding carboxylic acids is 1. The zero-order valence-corrected chi connectivity index (χ0v) is 13.6. The minimum atomic E-state index is -0.0999. The number of hydrogen-bond acceptors (Lipinski definition) is 4. The van der Waals surface area contributed by atoms with Gasteiger partial charge in [0.1, 0.15) is 5.82 Å². The predicted molar refractivity (Wildman–Crippen MR) is 94.4 cm³/mol. The van der Waals surface area contributed by atoms with Crippen LogP contribution in [-0.2, 0) is 6.42 Å². The van der Waals surface area contributed by atoms with Crippen LogP contribution < -0.4 is 15.5 Å². The van der Waals surface area contributed by atoms with Gasteiger partial charge >= 0.3 is 0 Å². The number of hydrogen-bond donors (Lipinski definition) is 2. The number of rotatable bonds is 5. The summed E-state index contributed by atoms with van der Waals surface area (Å²) in [6.07, 6.45) is 2.68. The van der Waals surface area contributed by atoms with Gasteiger partial charge in [-0.2, -0.15) is 0 Å². The maximum absolute atomic E-state index is 12.4. The Bertz CT molecular complexity index is 693. The maximum Gasteiger partial charge on any atom is 0.255 e. The molecule has 1 aliphatic heterocycles. The molecular formula is C18H22N4O. The van der Waals surface area contributed by atoms with Crippen LogP contribution >= 0.6 is 0 Å². The largest absolute Gasteiger partial charge is 0.384 e. The van der Waals surface area contributed by atoms with Crippen molar-refractivity contribution in [2.24, 2.45) is 0 Å². The monoisotopic (exact) mass is 310 g/mol. The van der Waals surface area contributed by atoms with Gasteiger partial charge in [-0.3, -0.25) is 4.79 Å². The van der Waals surface area contributed by atoms with Crippen molar-refractivity contribution in [1.82, 2.24) is 4.98 Å². The average Bonchev–Trinajstić information content (AvgIpc) is 3.05. The summed E-state index contributed by atoms with van der Waals surface area (Å²) in [5.74, 6) is 0.827. The van der Waals surface area contributed by atoms with Crippen molar-refractivity contribution in [1.29, 1.82) is 0 Å². The number of fused-ring (bicyclic) bond motifs is 1. The third-order valence-electron chi connectivity index (χ3n) is 4.17. The minimum absolute atomic E-state index is 0.0999. The Balaban J connectivity index is 1.70. The molecule has 120 valence electrons. The van der Waals surface area contributed by atoms with E-state index >= 15 is 0 Å². The van der Waals surface area contributed by atoms with E-state index < -0.39 is 0 Å². The van der Waals surface area contributed by atoms with E-state index in [1.54, 1.807) is 6.20 Å². The van der Waals surface area contributed by atoms with Crippen LogP contribution in [0.15, 0.2) is 36.5 Å². The van der Waals surface area contributed by atoms with Gasteiger partial charge in [0.25, 0.3) is 5.91 Å². The fraction of sp³-hybridized carbons (Fsp3) is 0.333. The molecule has 1 aromatic heterocycles. The number of carbonyl (C=O) groups is 1. The molecule has 1 amide bonds. The second-order valence-electron chi connectivity index (χ2n) is 5.58. The molecular weight excluding hydrogens is 288 g/mol. The molecule has 2 aromatic rings. The third kappa shape index (κ3) is 3.28. The smallest absolute Gasteiger partial charge is 0.255 e. The first-order valence-electron chi connectivity index (χ1n) is 8.10. The van der Waals surface area contributed by atoms with Gasteiger partial charge in [-0.15, -0.1) is 0 Å². The Morgan fingerprint density at radius 1 is 1.26 bits per heavy atom. The molecule has 2 heterocycles. The lowest BCUT2D eigenvalue weighted by molar-refractivity contribution is 0.102. The Hall–Kier alpha value is -2.56. The maximum atomic E-state index is 12.4. The molecule has 0 aliphatic carbocycles. The highest BCUT2D eigenvalue weighted by molar-refractivity contribution is 6.04. The van der Waals surface area contributed by atoms with E-state index in [1.807, 2.05) is 30.3 Å². The summed E-state index contributed by atoms with van der Waals surface area (Å²) in [5.41, 5.74) is 3.73. The first-order valence-corrected chi connectivity index (χ1v) is 8.10. The van der Waals surface area contributed by atoms with Crippen molar-refractivity contribution in [3.63, 3.8) is 0 Å². The summed E-state index contributed by atoms with van der Waals surface area (Å²) >= 11 is 0. The highest BCUT2D eigenvalue weighted by Crippen LogP contribution is 2.23. The van der Waals surface area contributed by atoms with Crippen LogP contribution in [0.3, 0.4) is 0 Å². The molecule has 0 atom stereocenters. The lowest BCUT2D eigenvalue weighted by atomic mass is 10.1. The van der Waals surface area contributed by atoms with E-state index in [1.165, 1.54) is 5.56 Å². The fourth-order valence-electron chi connectivity index (χ4n) is 2.84. The van der Waals surface area contributed by atoms with E-state index in [2.05, 4.69) is 34.4 Å². The summed E-state index contributed by atoms with van der Waals surface area (Å²) in [6, 6.07) is 9.62. The molecule has 1 aromatic carbocycles. The summed E-state index contributed by atoms with van der Waals surface area (Å²) in [5, 5.41) is 6.21. The number of benzene rings is 1. The molecule has 2 N–H and O–H groups in total. The molecule has 1 aliphatic rings. The molecule has 0 saturated carbocycles. The van der Waals surface area contributed by atoms with Gasteiger partial charge in [-0.1, -0.05) is 0 Å². The van der Waals surface area contributed by atoms with E-state index in [4.69, 9.17) is 0 Å². The molecule has 0 saturated heterocycles.